The zero-order valence-corrected chi connectivity index (χ0v) is 16.3. The second-order valence-corrected chi connectivity index (χ2v) is 7.31. The molecule has 4 rings (SSSR count). The first-order valence-corrected chi connectivity index (χ1v) is 9.50. The fraction of sp³-hybridized carbons (Fsp3) is 0.286. The van der Waals surface area contributed by atoms with Gasteiger partial charge in [-0.15, -0.1) is 0 Å². The van der Waals surface area contributed by atoms with Crippen LogP contribution in [0, 0.1) is 0 Å². The Morgan fingerprint density at radius 1 is 0.906 bits per heavy atom. The first kappa shape index (κ1) is 21.9. The van der Waals surface area contributed by atoms with Crippen molar-refractivity contribution in [3.63, 3.8) is 0 Å². The molecule has 1 fully saturated rings. The Morgan fingerprint density at radius 3 is 2.38 bits per heavy atom. The Kier molecular flexibility index (Phi) is 5.67. The molecule has 170 valence electrons. The average molecular weight is 448 g/mol. The molecule has 1 aromatic heterocycles. The van der Waals surface area contributed by atoms with E-state index in [2.05, 4.69) is 0 Å². The summed E-state index contributed by atoms with van der Waals surface area (Å²) >= 11 is 0. The predicted octanol–water partition coefficient (Wildman–Crippen LogP) is -0.245. The first-order chi connectivity index (χ1) is 15.2. The molecule has 32 heavy (non-hydrogen) atoms. The van der Waals surface area contributed by atoms with Gasteiger partial charge in [0.15, 0.2) is 16.9 Å². The van der Waals surface area contributed by atoms with Gasteiger partial charge in [0, 0.05) is 23.8 Å². The second kappa shape index (κ2) is 8.30. The van der Waals surface area contributed by atoms with E-state index in [0.717, 1.165) is 18.2 Å². The summed E-state index contributed by atoms with van der Waals surface area (Å²) < 4.78 is 16.3. The van der Waals surface area contributed by atoms with E-state index in [9.17, 15) is 40.5 Å². The zero-order valence-electron chi connectivity index (χ0n) is 16.3. The van der Waals surface area contributed by atoms with Crippen molar-refractivity contribution in [1.82, 2.24) is 0 Å². The van der Waals surface area contributed by atoms with Crippen molar-refractivity contribution < 1.29 is 49.6 Å². The summed E-state index contributed by atoms with van der Waals surface area (Å²) in [4.78, 5) is 12.4. The quantitative estimate of drug-likeness (QED) is 0.279. The number of hydrogen-bond acceptors (Lipinski definition) is 11. The molecule has 0 amide bonds. The van der Waals surface area contributed by atoms with Gasteiger partial charge >= 0.3 is 0 Å². The van der Waals surface area contributed by atoms with Crippen molar-refractivity contribution in [3.05, 3.63) is 46.6 Å². The van der Waals surface area contributed by atoms with Crippen LogP contribution in [0.1, 0.15) is 0 Å². The van der Waals surface area contributed by atoms with Gasteiger partial charge < -0.3 is 49.6 Å². The first-order valence-electron chi connectivity index (χ1n) is 9.50. The molecule has 0 spiro atoms. The summed E-state index contributed by atoms with van der Waals surface area (Å²) in [5.41, 5.74) is -0.401. The van der Waals surface area contributed by atoms with Crippen LogP contribution in [0.15, 0.2) is 45.6 Å². The van der Waals surface area contributed by atoms with Crippen LogP contribution >= 0.6 is 0 Å². The number of fused-ring (bicyclic) bond motifs is 1. The predicted molar refractivity (Wildman–Crippen MR) is 107 cm³/mol. The summed E-state index contributed by atoms with van der Waals surface area (Å²) in [6.07, 6.45) is -7.68. The molecule has 0 bridgehead atoms. The van der Waals surface area contributed by atoms with Gasteiger partial charge in [0.05, 0.1) is 6.61 Å². The van der Waals surface area contributed by atoms with Crippen LogP contribution < -0.4 is 10.2 Å². The number of aliphatic hydroxyl groups is 4. The fourth-order valence-corrected chi connectivity index (χ4v) is 3.45. The fourth-order valence-electron chi connectivity index (χ4n) is 3.45. The number of aromatic hydroxyl groups is 3. The monoisotopic (exact) mass is 448 g/mol. The van der Waals surface area contributed by atoms with Crippen LogP contribution in [-0.2, 0) is 4.74 Å². The molecular weight excluding hydrogens is 428 g/mol. The Labute approximate surface area is 179 Å². The van der Waals surface area contributed by atoms with Crippen LogP contribution in [0.3, 0.4) is 0 Å². The molecule has 1 aliphatic rings. The molecule has 2 heterocycles. The third-order valence-electron chi connectivity index (χ3n) is 5.13. The van der Waals surface area contributed by atoms with Gasteiger partial charge in [-0.1, -0.05) is 0 Å². The number of rotatable bonds is 4. The number of benzene rings is 2. The van der Waals surface area contributed by atoms with E-state index in [1.807, 2.05) is 0 Å². The van der Waals surface area contributed by atoms with Crippen molar-refractivity contribution in [2.75, 3.05) is 6.61 Å². The highest BCUT2D eigenvalue weighted by atomic mass is 16.7. The summed E-state index contributed by atoms with van der Waals surface area (Å²) in [5, 5.41) is 68.8. The molecule has 1 aliphatic heterocycles. The van der Waals surface area contributed by atoms with Gasteiger partial charge in [-0.3, -0.25) is 4.79 Å². The lowest BCUT2D eigenvalue weighted by molar-refractivity contribution is -0.277. The Hall–Kier alpha value is -3.35. The molecule has 11 heteroatoms. The molecule has 7 N–H and O–H groups in total. The molecule has 1 unspecified atom stereocenters. The summed E-state index contributed by atoms with van der Waals surface area (Å²) in [6.45, 7) is -0.654. The molecule has 0 aliphatic carbocycles. The largest absolute Gasteiger partial charge is 0.508 e. The summed E-state index contributed by atoms with van der Waals surface area (Å²) in [5.74, 6) is -1.33. The van der Waals surface area contributed by atoms with E-state index in [-0.39, 0.29) is 39.5 Å². The van der Waals surface area contributed by atoms with Crippen molar-refractivity contribution in [2.45, 2.75) is 30.7 Å². The molecule has 5 atom stereocenters. The minimum absolute atomic E-state index is 0.0196. The van der Waals surface area contributed by atoms with Crippen molar-refractivity contribution >= 4 is 11.0 Å². The lowest BCUT2D eigenvalue weighted by Crippen LogP contribution is -2.60. The van der Waals surface area contributed by atoms with Crippen LogP contribution in [-0.4, -0.2) is 73.1 Å². The minimum atomic E-state index is -1.69. The Bertz CT molecular complexity index is 1200. The third-order valence-corrected chi connectivity index (χ3v) is 5.13. The highest BCUT2D eigenvalue weighted by Crippen LogP contribution is 2.36. The Balaban J connectivity index is 1.70. The van der Waals surface area contributed by atoms with E-state index >= 15 is 0 Å². The van der Waals surface area contributed by atoms with Gasteiger partial charge in [-0.25, -0.2) is 0 Å². The minimum Gasteiger partial charge on any atom is -0.508 e. The standard InChI is InChI=1S/C21H20O11/c22-7-16-18(27)19(28)20(29)21(32-16)31-14-3-8(1-2-10(14)24)13-6-12(26)17-11(25)4-9(23)5-15(17)30-13/h1-6,16,18-25,27-29H,7H2/t16-,18-,19+,20-,21?/m1/s1. The number of phenolic OH excluding ortho intramolecular Hbond substituents is 3. The highest BCUT2D eigenvalue weighted by molar-refractivity contribution is 5.86. The van der Waals surface area contributed by atoms with Crippen molar-refractivity contribution in [3.8, 4) is 34.3 Å². The summed E-state index contributed by atoms with van der Waals surface area (Å²) in [6, 6.07) is 7.16. The van der Waals surface area contributed by atoms with Crippen LogP contribution in [0.5, 0.6) is 23.0 Å². The van der Waals surface area contributed by atoms with E-state index in [1.54, 1.807) is 0 Å². The maximum absolute atomic E-state index is 12.4. The SMILES string of the molecule is O=c1cc(-c2ccc(O)c(OC3O[C@H](CO)[C@@H](O)[C@H](O)[C@H]3O)c2)oc2cc(O)cc(O)c12. The molecule has 3 aromatic rings. The van der Waals surface area contributed by atoms with Gasteiger partial charge in [0.25, 0.3) is 0 Å². The number of phenols is 3. The molecule has 0 radical (unpaired) electrons. The summed E-state index contributed by atoms with van der Waals surface area (Å²) in [7, 11) is 0. The third kappa shape index (κ3) is 3.83. The smallest absolute Gasteiger partial charge is 0.229 e. The van der Waals surface area contributed by atoms with Gasteiger partial charge in [0.2, 0.25) is 6.29 Å². The normalized spacial score (nSPS) is 25.7. The second-order valence-electron chi connectivity index (χ2n) is 7.31. The highest BCUT2D eigenvalue weighted by Gasteiger charge is 2.45. The topological polar surface area (TPSA) is 190 Å². The van der Waals surface area contributed by atoms with Crippen molar-refractivity contribution in [1.29, 1.82) is 0 Å². The number of ether oxygens (including phenoxy) is 2. The maximum Gasteiger partial charge on any atom is 0.229 e. The molecule has 11 nitrogen and oxygen atoms in total. The number of hydrogen-bond donors (Lipinski definition) is 7. The van der Waals surface area contributed by atoms with E-state index in [1.165, 1.54) is 18.2 Å². The van der Waals surface area contributed by atoms with Gasteiger partial charge in [0.1, 0.15) is 52.6 Å². The Morgan fingerprint density at radius 2 is 1.66 bits per heavy atom. The van der Waals surface area contributed by atoms with E-state index < -0.39 is 48.5 Å². The lowest BCUT2D eigenvalue weighted by Gasteiger charge is -2.39. The molecule has 2 aromatic carbocycles. The zero-order chi connectivity index (χ0) is 23.2. The maximum atomic E-state index is 12.4. The molecule has 1 saturated heterocycles. The van der Waals surface area contributed by atoms with Crippen LogP contribution in [0.4, 0.5) is 0 Å². The van der Waals surface area contributed by atoms with Crippen LogP contribution in [0.2, 0.25) is 0 Å². The average Bonchev–Trinajstić information content (AvgIpc) is 2.74. The van der Waals surface area contributed by atoms with Gasteiger partial charge in [-0.05, 0) is 18.2 Å². The lowest BCUT2D eigenvalue weighted by atomic mass is 9.99. The molecule has 0 saturated carbocycles. The van der Waals surface area contributed by atoms with Gasteiger partial charge in [-0.2, -0.15) is 0 Å². The van der Waals surface area contributed by atoms with Crippen LogP contribution in [0.25, 0.3) is 22.3 Å². The number of aliphatic hydroxyl groups excluding tert-OH is 4. The van der Waals surface area contributed by atoms with Crippen molar-refractivity contribution in [2.24, 2.45) is 0 Å². The van der Waals surface area contributed by atoms with E-state index in [4.69, 9.17) is 13.9 Å². The molecular formula is C21H20O11. The van der Waals surface area contributed by atoms with E-state index in [0.29, 0.717) is 0 Å².